The molecule has 0 atom stereocenters. The maximum Gasteiger partial charge on any atom is 0.0832 e. The van der Waals surface area contributed by atoms with Gasteiger partial charge in [0.25, 0.3) is 0 Å². The number of rotatable bonds is 2. The standard InChI is InChI=1S/C13H17N3S.C2H3N/c14-10-8-15-11-6-7-17-13(11)12(10)16-9-4-2-1-3-5-9;1-2-3/h6-9H,1-5,14H2,(H,15,16);1H3. The Hall–Kier alpha value is -1.80. The number of nitrogens with two attached hydrogens (primary N) is 1. The van der Waals surface area contributed by atoms with E-state index in [2.05, 4.69) is 15.7 Å². The van der Waals surface area contributed by atoms with Gasteiger partial charge in [-0.15, -0.1) is 11.3 Å². The molecule has 0 saturated heterocycles. The van der Waals surface area contributed by atoms with Crippen LogP contribution in [0.3, 0.4) is 0 Å². The Kier molecular flexibility index (Phi) is 5.19. The molecule has 2 heterocycles. The fourth-order valence-corrected chi connectivity index (χ4v) is 3.40. The van der Waals surface area contributed by atoms with Crippen molar-refractivity contribution in [2.24, 2.45) is 0 Å². The third-order valence-corrected chi connectivity index (χ3v) is 4.38. The smallest absolute Gasteiger partial charge is 0.0832 e. The van der Waals surface area contributed by atoms with E-state index in [4.69, 9.17) is 11.0 Å². The Labute approximate surface area is 123 Å². The van der Waals surface area contributed by atoms with E-state index in [-0.39, 0.29) is 0 Å². The second kappa shape index (κ2) is 7.11. The molecule has 1 aliphatic carbocycles. The quantitative estimate of drug-likeness (QED) is 0.870. The highest BCUT2D eigenvalue weighted by atomic mass is 32.1. The number of pyridine rings is 1. The minimum atomic E-state index is 0.582. The monoisotopic (exact) mass is 288 g/mol. The molecule has 4 nitrogen and oxygen atoms in total. The molecule has 106 valence electrons. The van der Waals surface area contributed by atoms with Crippen LogP contribution >= 0.6 is 11.3 Å². The first-order valence-electron chi connectivity index (χ1n) is 6.95. The Morgan fingerprint density at radius 3 is 2.80 bits per heavy atom. The highest BCUT2D eigenvalue weighted by Crippen LogP contribution is 2.34. The number of nitriles is 1. The molecular weight excluding hydrogens is 268 g/mol. The van der Waals surface area contributed by atoms with Crippen LogP contribution in [-0.4, -0.2) is 11.0 Å². The van der Waals surface area contributed by atoms with Gasteiger partial charge in [0.05, 0.1) is 33.9 Å². The van der Waals surface area contributed by atoms with Gasteiger partial charge in [-0.2, -0.15) is 5.26 Å². The Morgan fingerprint density at radius 2 is 2.10 bits per heavy atom. The van der Waals surface area contributed by atoms with E-state index >= 15 is 0 Å². The number of fused-ring (bicyclic) bond motifs is 1. The number of aromatic nitrogens is 1. The molecular formula is C15H20N4S. The minimum Gasteiger partial charge on any atom is -0.396 e. The lowest BCUT2D eigenvalue weighted by Crippen LogP contribution is -2.22. The van der Waals surface area contributed by atoms with E-state index in [0.29, 0.717) is 6.04 Å². The largest absolute Gasteiger partial charge is 0.396 e. The van der Waals surface area contributed by atoms with Gasteiger partial charge in [0.2, 0.25) is 0 Å². The number of hydrogen-bond acceptors (Lipinski definition) is 5. The van der Waals surface area contributed by atoms with Gasteiger partial charge in [-0.3, -0.25) is 4.98 Å². The van der Waals surface area contributed by atoms with E-state index in [9.17, 15) is 0 Å². The molecule has 20 heavy (non-hydrogen) atoms. The van der Waals surface area contributed by atoms with Crippen molar-refractivity contribution in [3.8, 4) is 6.07 Å². The molecule has 0 radical (unpaired) electrons. The van der Waals surface area contributed by atoms with Crippen molar-refractivity contribution in [2.45, 2.75) is 45.1 Å². The van der Waals surface area contributed by atoms with E-state index in [1.54, 1.807) is 23.6 Å². The van der Waals surface area contributed by atoms with Gasteiger partial charge in [0.15, 0.2) is 0 Å². The van der Waals surface area contributed by atoms with Crippen molar-refractivity contribution < 1.29 is 0 Å². The Bertz CT molecular complexity index is 593. The Balaban J connectivity index is 0.000000452. The third kappa shape index (κ3) is 3.40. The van der Waals surface area contributed by atoms with Gasteiger partial charge >= 0.3 is 0 Å². The number of hydrogen-bond donors (Lipinski definition) is 2. The highest BCUT2D eigenvalue weighted by Gasteiger charge is 2.16. The maximum absolute atomic E-state index is 7.32. The van der Waals surface area contributed by atoms with Gasteiger partial charge in [0.1, 0.15) is 0 Å². The number of nitrogens with one attached hydrogen (secondary N) is 1. The average molecular weight is 288 g/mol. The van der Waals surface area contributed by atoms with Gasteiger partial charge in [0, 0.05) is 13.0 Å². The SMILES string of the molecule is CC#N.Nc1cnc2ccsc2c1NC1CCCCC1. The first-order chi connectivity index (χ1) is 9.76. The van der Waals surface area contributed by atoms with Crippen molar-refractivity contribution in [3.05, 3.63) is 17.6 Å². The van der Waals surface area contributed by atoms with Crippen molar-refractivity contribution in [1.29, 1.82) is 5.26 Å². The molecule has 1 saturated carbocycles. The summed E-state index contributed by atoms with van der Waals surface area (Å²) in [6.45, 7) is 1.43. The van der Waals surface area contributed by atoms with Gasteiger partial charge in [-0.05, 0) is 24.3 Å². The first-order valence-corrected chi connectivity index (χ1v) is 7.83. The highest BCUT2D eigenvalue weighted by molar-refractivity contribution is 7.17. The lowest BCUT2D eigenvalue weighted by Gasteiger charge is -2.24. The van der Waals surface area contributed by atoms with Crippen molar-refractivity contribution in [1.82, 2.24) is 4.98 Å². The van der Waals surface area contributed by atoms with Gasteiger partial charge in [-0.25, -0.2) is 0 Å². The number of anilines is 2. The molecule has 3 rings (SSSR count). The van der Waals surface area contributed by atoms with Crippen LogP contribution in [0.2, 0.25) is 0 Å². The fourth-order valence-electron chi connectivity index (χ4n) is 2.53. The normalized spacial score (nSPS) is 15.2. The molecule has 2 aromatic rings. The minimum absolute atomic E-state index is 0.582. The summed E-state index contributed by atoms with van der Waals surface area (Å²) in [6.07, 6.45) is 8.31. The summed E-state index contributed by atoms with van der Waals surface area (Å²) in [6, 6.07) is 4.38. The summed E-state index contributed by atoms with van der Waals surface area (Å²) in [5.74, 6) is 0. The summed E-state index contributed by atoms with van der Waals surface area (Å²) in [5.41, 5.74) is 8.95. The predicted octanol–water partition coefficient (Wildman–Crippen LogP) is 4.15. The number of nitrogens with zero attached hydrogens (tertiary/aromatic N) is 2. The van der Waals surface area contributed by atoms with E-state index in [1.165, 1.54) is 43.7 Å². The first kappa shape index (κ1) is 14.6. The summed E-state index contributed by atoms with van der Waals surface area (Å²) in [7, 11) is 0. The van der Waals surface area contributed by atoms with Crippen molar-refractivity contribution >= 4 is 32.9 Å². The molecule has 2 aromatic heterocycles. The molecule has 0 aromatic carbocycles. The van der Waals surface area contributed by atoms with Crippen LogP contribution in [0, 0.1) is 11.3 Å². The molecule has 0 aliphatic heterocycles. The van der Waals surface area contributed by atoms with Gasteiger partial charge in [-0.1, -0.05) is 19.3 Å². The predicted molar refractivity (Wildman–Crippen MR) is 85.8 cm³/mol. The van der Waals surface area contributed by atoms with Crippen LogP contribution in [0.15, 0.2) is 17.6 Å². The van der Waals surface area contributed by atoms with Crippen LogP contribution in [0.5, 0.6) is 0 Å². The summed E-state index contributed by atoms with van der Waals surface area (Å²) in [5, 5.41) is 13.0. The molecule has 0 amide bonds. The summed E-state index contributed by atoms with van der Waals surface area (Å²) >= 11 is 1.71. The molecule has 1 fully saturated rings. The van der Waals surface area contributed by atoms with Crippen LogP contribution < -0.4 is 11.1 Å². The molecule has 1 aliphatic rings. The van der Waals surface area contributed by atoms with Crippen LogP contribution in [0.4, 0.5) is 11.4 Å². The number of thiophene rings is 1. The second-order valence-electron chi connectivity index (χ2n) is 4.93. The zero-order valence-electron chi connectivity index (χ0n) is 11.7. The maximum atomic E-state index is 7.32. The summed E-state index contributed by atoms with van der Waals surface area (Å²) in [4.78, 5) is 4.34. The van der Waals surface area contributed by atoms with Crippen molar-refractivity contribution in [2.75, 3.05) is 11.1 Å². The van der Waals surface area contributed by atoms with E-state index in [0.717, 1.165) is 16.9 Å². The fraction of sp³-hybridized carbons (Fsp3) is 0.467. The molecule has 0 bridgehead atoms. The molecule has 0 unspecified atom stereocenters. The Morgan fingerprint density at radius 1 is 1.40 bits per heavy atom. The molecule has 3 N–H and O–H groups in total. The average Bonchev–Trinajstić information content (AvgIpc) is 2.93. The van der Waals surface area contributed by atoms with Gasteiger partial charge < -0.3 is 11.1 Å². The van der Waals surface area contributed by atoms with Crippen LogP contribution in [0.25, 0.3) is 10.2 Å². The second-order valence-corrected chi connectivity index (χ2v) is 5.84. The lowest BCUT2D eigenvalue weighted by molar-refractivity contribution is 0.463. The molecule has 5 heteroatoms. The van der Waals surface area contributed by atoms with E-state index in [1.807, 2.05) is 6.07 Å². The zero-order valence-corrected chi connectivity index (χ0v) is 12.5. The van der Waals surface area contributed by atoms with E-state index < -0.39 is 0 Å². The van der Waals surface area contributed by atoms with Crippen molar-refractivity contribution in [3.63, 3.8) is 0 Å². The number of nitrogen functional groups attached to an aromatic ring is 1. The lowest BCUT2D eigenvalue weighted by atomic mass is 9.95. The summed E-state index contributed by atoms with van der Waals surface area (Å²) < 4.78 is 1.19. The van der Waals surface area contributed by atoms with Crippen LogP contribution in [0.1, 0.15) is 39.0 Å². The zero-order chi connectivity index (χ0) is 14.4. The van der Waals surface area contributed by atoms with Crippen LogP contribution in [-0.2, 0) is 0 Å². The topological polar surface area (TPSA) is 74.7 Å². The third-order valence-electron chi connectivity index (χ3n) is 3.46. The molecule has 0 spiro atoms.